The molecule has 0 amide bonds. The molecule has 0 saturated carbocycles. The maximum atomic E-state index is 10.6. The minimum atomic E-state index is -0.561. The van der Waals surface area contributed by atoms with Gasteiger partial charge in [0.25, 0.3) is 0 Å². The minimum absolute atomic E-state index is 0.267. The topological polar surface area (TPSA) is 58.9 Å². The average Bonchev–Trinajstić information content (AvgIpc) is 2.51. The van der Waals surface area contributed by atoms with Gasteiger partial charge in [0, 0.05) is 5.57 Å². The van der Waals surface area contributed by atoms with Crippen LogP contribution >= 0.6 is 0 Å². The molecule has 1 N–H and O–H groups in total. The molecule has 0 atom stereocenters. The summed E-state index contributed by atoms with van der Waals surface area (Å²) in [5.41, 5.74) is 0.704. The lowest BCUT2D eigenvalue weighted by Crippen LogP contribution is -1.93. The van der Waals surface area contributed by atoms with Crippen molar-refractivity contribution in [3.05, 3.63) is 47.3 Å². The van der Waals surface area contributed by atoms with E-state index < -0.39 is 5.76 Å². The summed E-state index contributed by atoms with van der Waals surface area (Å²) in [6, 6.07) is 0. The SMILES string of the molecule is C=C/C=C(\C=C/C)c1n[nH]c(=O)o1. The molecule has 13 heavy (non-hydrogen) atoms. The van der Waals surface area contributed by atoms with Gasteiger partial charge in [0.05, 0.1) is 0 Å². The van der Waals surface area contributed by atoms with E-state index in [1.165, 1.54) is 0 Å². The lowest BCUT2D eigenvalue weighted by molar-refractivity contribution is 0.501. The number of nitrogens with zero attached hydrogens (tertiary/aromatic N) is 1. The van der Waals surface area contributed by atoms with Crippen molar-refractivity contribution in [3.8, 4) is 0 Å². The van der Waals surface area contributed by atoms with Crippen molar-refractivity contribution >= 4 is 5.57 Å². The Kier molecular flexibility index (Phi) is 3.03. The van der Waals surface area contributed by atoms with Crippen LogP contribution in [0.25, 0.3) is 5.57 Å². The molecular formula is C9H10N2O2. The highest BCUT2D eigenvalue weighted by Gasteiger charge is 2.03. The number of H-pyrrole nitrogens is 1. The highest BCUT2D eigenvalue weighted by Crippen LogP contribution is 2.10. The molecule has 0 fully saturated rings. The molecule has 68 valence electrons. The largest absolute Gasteiger partial charge is 0.434 e. The molecule has 0 spiro atoms. The maximum absolute atomic E-state index is 10.6. The van der Waals surface area contributed by atoms with E-state index in [4.69, 9.17) is 4.42 Å². The Morgan fingerprint density at radius 3 is 2.92 bits per heavy atom. The first-order valence-electron chi connectivity index (χ1n) is 3.79. The van der Waals surface area contributed by atoms with Crippen LogP contribution in [-0.4, -0.2) is 10.2 Å². The van der Waals surface area contributed by atoms with Gasteiger partial charge in [-0.1, -0.05) is 30.9 Å². The second kappa shape index (κ2) is 4.25. The van der Waals surface area contributed by atoms with Gasteiger partial charge in [-0.05, 0) is 6.92 Å². The Morgan fingerprint density at radius 1 is 1.69 bits per heavy atom. The van der Waals surface area contributed by atoms with Crippen LogP contribution in [0, 0.1) is 0 Å². The van der Waals surface area contributed by atoms with Crippen molar-refractivity contribution in [1.29, 1.82) is 0 Å². The molecule has 1 aromatic heterocycles. The van der Waals surface area contributed by atoms with E-state index in [2.05, 4.69) is 16.8 Å². The third kappa shape index (κ3) is 2.30. The number of rotatable bonds is 3. The van der Waals surface area contributed by atoms with E-state index in [-0.39, 0.29) is 5.89 Å². The molecule has 1 rings (SSSR count). The quantitative estimate of drug-likeness (QED) is 0.713. The van der Waals surface area contributed by atoms with Crippen molar-refractivity contribution in [3.63, 3.8) is 0 Å². The van der Waals surface area contributed by atoms with Crippen molar-refractivity contribution in [1.82, 2.24) is 10.2 Å². The van der Waals surface area contributed by atoms with Crippen molar-refractivity contribution in [2.24, 2.45) is 0 Å². The van der Waals surface area contributed by atoms with Crippen LogP contribution in [0.3, 0.4) is 0 Å². The first kappa shape index (κ1) is 9.25. The first-order chi connectivity index (χ1) is 6.27. The zero-order chi connectivity index (χ0) is 9.68. The predicted molar refractivity (Wildman–Crippen MR) is 50.1 cm³/mol. The highest BCUT2D eigenvalue weighted by atomic mass is 16.4. The van der Waals surface area contributed by atoms with Gasteiger partial charge in [-0.2, -0.15) is 0 Å². The molecule has 0 aromatic carbocycles. The number of aromatic amines is 1. The van der Waals surface area contributed by atoms with Gasteiger partial charge in [0.1, 0.15) is 0 Å². The fourth-order valence-electron chi connectivity index (χ4n) is 0.858. The fourth-order valence-corrected chi connectivity index (χ4v) is 0.858. The number of allylic oxidation sites excluding steroid dienone is 5. The number of hydrogen-bond donors (Lipinski definition) is 1. The molecule has 4 heteroatoms. The lowest BCUT2D eigenvalue weighted by atomic mass is 10.2. The summed E-state index contributed by atoms with van der Waals surface area (Å²) in [6.45, 7) is 5.41. The van der Waals surface area contributed by atoms with Gasteiger partial charge < -0.3 is 4.42 Å². The molecular weight excluding hydrogens is 168 g/mol. The fraction of sp³-hybridized carbons (Fsp3) is 0.111. The molecule has 0 saturated heterocycles. The van der Waals surface area contributed by atoms with Gasteiger partial charge in [0.15, 0.2) is 0 Å². The Hall–Kier alpha value is -1.84. The second-order valence-electron chi connectivity index (χ2n) is 2.28. The minimum Gasteiger partial charge on any atom is -0.388 e. The first-order valence-corrected chi connectivity index (χ1v) is 3.79. The molecule has 0 aliphatic heterocycles. The Labute approximate surface area is 75.3 Å². The molecule has 0 aliphatic carbocycles. The zero-order valence-corrected chi connectivity index (χ0v) is 7.28. The van der Waals surface area contributed by atoms with Crippen LogP contribution in [0.4, 0.5) is 0 Å². The molecule has 0 radical (unpaired) electrons. The predicted octanol–water partition coefficient (Wildman–Crippen LogP) is 1.51. The van der Waals surface area contributed by atoms with Crippen molar-refractivity contribution in [2.75, 3.05) is 0 Å². The molecule has 0 bridgehead atoms. The van der Waals surface area contributed by atoms with Gasteiger partial charge >= 0.3 is 5.76 Å². The van der Waals surface area contributed by atoms with Crippen LogP contribution in [0.1, 0.15) is 12.8 Å². The van der Waals surface area contributed by atoms with Gasteiger partial charge in [0.2, 0.25) is 5.89 Å². The Morgan fingerprint density at radius 2 is 2.46 bits per heavy atom. The maximum Gasteiger partial charge on any atom is 0.434 e. The summed E-state index contributed by atoms with van der Waals surface area (Å²) in [7, 11) is 0. The van der Waals surface area contributed by atoms with Crippen LogP contribution in [-0.2, 0) is 0 Å². The van der Waals surface area contributed by atoms with E-state index in [9.17, 15) is 4.79 Å². The van der Waals surface area contributed by atoms with E-state index >= 15 is 0 Å². The van der Waals surface area contributed by atoms with E-state index in [1.54, 1.807) is 18.2 Å². The monoisotopic (exact) mass is 178 g/mol. The van der Waals surface area contributed by atoms with Crippen LogP contribution in [0.2, 0.25) is 0 Å². The molecule has 1 aromatic rings. The van der Waals surface area contributed by atoms with Crippen LogP contribution < -0.4 is 5.76 Å². The molecule has 0 aliphatic rings. The van der Waals surface area contributed by atoms with Gasteiger partial charge in [-0.25, -0.2) is 9.89 Å². The van der Waals surface area contributed by atoms with Gasteiger partial charge in [-0.15, -0.1) is 5.10 Å². The van der Waals surface area contributed by atoms with E-state index in [1.807, 2.05) is 13.0 Å². The molecule has 4 nitrogen and oxygen atoms in total. The third-order valence-corrected chi connectivity index (χ3v) is 1.33. The summed E-state index contributed by atoms with van der Waals surface area (Å²) in [4.78, 5) is 10.6. The zero-order valence-electron chi connectivity index (χ0n) is 7.28. The van der Waals surface area contributed by atoms with E-state index in [0.717, 1.165) is 0 Å². The van der Waals surface area contributed by atoms with Crippen molar-refractivity contribution < 1.29 is 4.42 Å². The van der Waals surface area contributed by atoms with Crippen LogP contribution in [0.15, 0.2) is 40.1 Å². The van der Waals surface area contributed by atoms with Crippen LogP contribution in [0.5, 0.6) is 0 Å². The highest BCUT2D eigenvalue weighted by molar-refractivity contribution is 5.69. The summed E-state index contributed by atoms with van der Waals surface area (Å²) in [6.07, 6.45) is 6.91. The summed E-state index contributed by atoms with van der Waals surface area (Å²) >= 11 is 0. The van der Waals surface area contributed by atoms with E-state index in [0.29, 0.717) is 5.57 Å². The number of hydrogen-bond acceptors (Lipinski definition) is 3. The Bertz CT molecular complexity index is 396. The normalized spacial score (nSPS) is 12.2. The molecule has 0 unspecified atom stereocenters. The molecule has 1 heterocycles. The standard InChI is InChI=1S/C9H10N2O2/c1-3-5-7(6-4-2)8-10-11-9(12)13-8/h3-6H,1H2,2H3,(H,11,12)/b6-4-,7-5+. The summed E-state index contributed by atoms with van der Waals surface area (Å²) in [5, 5.41) is 5.87. The lowest BCUT2D eigenvalue weighted by Gasteiger charge is -1.90. The van der Waals surface area contributed by atoms with Gasteiger partial charge in [-0.3, -0.25) is 0 Å². The Balaban J connectivity index is 3.08. The number of aromatic nitrogens is 2. The summed E-state index contributed by atoms with van der Waals surface area (Å²) < 4.78 is 4.76. The summed E-state index contributed by atoms with van der Waals surface area (Å²) in [5.74, 6) is -0.294. The number of nitrogens with one attached hydrogen (secondary N) is 1. The smallest absolute Gasteiger partial charge is 0.388 e. The second-order valence-corrected chi connectivity index (χ2v) is 2.28. The third-order valence-electron chi connectivity index (χ3n) is 1.33. The average molecular weight is 178 g/mol. The van der Waals surface area contributed by atoms with Crippen molar-refractivity contribution in [2.45, 2.75) is 6.92 Å².